The normalized spacial score (nSPS) is 11.1. The van der Waals surface area contributed by atoms with Crippen LogP contribution in [0.15, 0.2) is 48.8 Å². The van der Waals surface area contributed by atoms with Crippen molar-refractivity contribution in [2.24, 2.45) is 7.05 Å². The molecule has 0 fully saturated rings. The Balaban J connectivity index is 0.00000103. The molecule has 0 aliphatic carbocycles. The van der Waals surface area contributed by atoms with E-state index >= 15 is 8.78 Å². The van der Waals surface area contributed by atoms with Gasteiger partial charge in [-0.15, -0.1) is 0 Å². The van der Waals surface area contributed by atoms with Gasteiger partial charge in [-0.3, -0.25) is 25.3 Å². The molecular weight excluding hydrogens is 449 g/mol. The molecule has 0 unspecified atom stereocenters. The molecular formula is C22H21F3N8O. The molecule has 0 amide bonds. The molecule has 176 valence electrons. The van der Waals surface area contributed by atoms with Gasteiger partial charge in [0.2, 0.25) is 0 Å². The summed E-state index contributed by atoms with van der Waals surface area (Å²) >= 11 is 0. The number of aryl methyl sites for hydroxylation is 1. The van der Waals surface area contributed by atoms with Crippen LogP contribution in [0.25, 0.3) is 22.2 Å². The molecule has 4 rings (SSSR count). The first-order valence-electron chi connectivity index (χ1n) is 9.88. The minimum Gasteiger partial charge on any atom is -0.323 e. The van der Waals surface area contributed by atoms with Crippen molar-refractivity contribution >= 4 is 23.0 Å². The molecule has 0 saturated heterocycles. The fourth-order valence-corrected chi connectivity index (χ4v) is 3.09. The fraction of sp³-hybridized carbons (Fsp3) is 0.182. The zero-order chi connectivity index (χ0) is 25.0. The van der Waals surface area contributed by atoms with Gasteiger partial charge in [-0.1, -0.05) is 0 Å². The van der Waals surface area contributed by atoms with E-state index in [-0.39, 0.29) is 22.3 Å². The topological polar surface area (TPSA) is 125 Å². The monoisotopic (exact) mass is 470 g/mol. The Kier molecular flexibility index (Phi) is 7.01. The van der Waals surface area contributed by atoms with Crippen LogP contribution < -0.4 is 10.8 Å². The van der Waals surface area contributed by atoms with Crippen LogP contribution in [0.5, 0.6) is 0 Å². The standard InChI is InChI=1S/C20H14F3N7O.C2H7N/c1-29-9-12-7-14(15(21)8-17(12)27-29)20(22,23)19(25)30-18(24)3-2-16(28-30)11-4-5-26-13(6-11)10-31;1-3-2/h2-10,24-25H,1H3;3H,1-2H3. The summed E-state index contributed by atoms with van der Waals surface area (Å²) in [6.07, 6.45) is 3.32. The smallest absolute Gasteiger partial charge is 0.323 e. The Bertz CT molecular complexity index is 1430. The molecule has 0 aliphatic rings. The first-order chi connectivity index (χ1) is 16.1. The lowest BCUT2D eigenvalue weighted by Crippen LogP contribution is -2.40. The highest BCUT2D eigenvalue weighted by atomic mass is 19.3. The zero-order valence-corrected chi connectivity index (χ0v) is 18.5. The Labute approximate surface area is 191 Å². The number of aromatic nitrogens is 5. The second-order valence-electron chi connectivity index (χ2n) is 7.22. The van der Waals surface area contributed by atoms with Gasteiger partial charge in [0.1, 0.15) is 17.0 Å². The number of halogens is 3. The fourth-order valence-electron chi connectivity index (χ4n) is 3.09. The molecule has 0 saturated carbocycles. The molecule has 0 radical (unpaired) electrons. The lowest BCUT2D eigenvalue weighted by atomic mass is 10.0. The van der Waals surface area contributed by atoms with E-state index < -0.39 is 28.6 Å². The lowest BCUT2D eigenvalue weighted by Gasteiger charge is -2.20. The summed E-state index contributed by atoms with van der Waals surface area (Å²) in [4.78, 5) is 14.8. The van der Waals surface area contributed by atoms with Crippen molar-refractivity contribution in [1.29, 1.82) is 10.8 Å². The minimum atomic E-state index is -4.09. The predicted molar refractivity (Wildman–Crippen MR) is 119 cm³/mol. The minimum absolute atomic E-state index is 0.105. The molecule has 0 spiro atoms. The van der Waals surface area contributed by atoms with Crippen LogP contribution in [-0.4, -0.2) is 50.8 Å². The molecule has 0 bridgehead atoms. The Morgan fingerprint density at radius 1 is 1.15 bits per heavy atom. The van der Waals surface area contributed by atoms with Gasteiger partial charge in [-0.2, -0.15) is 23.7 Å². The Morgan fingerprint density at radius 2 is 1.85 bits per heavy atom. The Hall–Kier alpha value is -4.19. The summed E-state index contributed by atoms with van der Waals surface area (Å²) in [5.74, 6) is -6.72. The van der Waals surface area contributed by atoms with Gasteiger partial charge < -0.3 is 5.32 Å². The predicted octanol–water partition coefficient (Wildman–Crippen LogP) is 2.72. The summed E-state index contributed by atoms with van der Waals surface area (Å²) in [5, 5.41) is 26.9. The molecule has 4 aromatic rings. The van der Waals surface area contributed by atoms with Gasteiger partial charge in [-0.05, 0) is 44.4 Å². The summed E-state index contributed by atoms with van der Waals surface area (Å²) in [6, 6.07) is 7.26. The van der Waals surface area contributed by atoms with Crippen LogP contribution in [-0.2, 0) is 13.0 Å². The van der Waals surface area contributed by atoms with Crippen LogP contribution in [0.3, 0.4) is 0 Å². The molecule has 3 heterocycles. The molecule has 3 aromatic heterocycles. The summed E-state index contributed by atoms with van der Waals surface area (Å²) in [7, 11) is 5.32. The van der Waals surface area contributed by atoms with Gasteiger partial charge >= 0.3 is 5.92 Å². The molecule has 0 aliphatic heterocycles. The highest BCUT2D eigenvalue weighted by molar-refractivity contribution is 5.90. The molecule has 0 atom stereocenters. The number of hydrogen-bond acceptors (Lipinski definition) is 7. The first-order valence-corrected chi connectivity index (χ1v) is 9.88. The van der Waals surface area contributed by atoms with E-state index in [0.29, 0.717) is 16.5 Å². The highest BCUT2D eigenvalue weighted by Gasteiger charge is 2.42. The van der Waals surface area contributed by atoms with Crippen LogP contribution in [0.2, 0.25) is 0 Å². The van der Waals surface area contributed by atoms with Crippen molar-refractivity contribution in [2.45, 2.75) is 5.92 Å². The van der Waals surface area contributed by atoms with Gasteiger partial charge in [0.15, 0.2) is 12.1 Å². The number of benzene rings is 1. The largest absolute Gasteiger partial charge is 0.334 e. The lowest BCUT2D eigenvalue weighted by molar-refractivity contribution is 0.0656. The number of rotatable bonds is 4. The number of hydrogen-bond donors (Lipinski definition) is 3. The van der Waals surface area contributed by atoms with Crippen LogP contribution >= 0.6 is 0 Å². The van der Waals surface area contributed by atoms with Crippen molar-refractivity contribution in [3.63, 3.8) is 0 Å². The van der Waals surface area contributed by atoms with Gasteiger partial charge in [0.05, 0.1) is 16.8 Å². The summed E-state index contributed by atoms with van der Waals surface area (Å²) < 4.78 is 46.6. The SMILES string of the molecule is CNC.Cn1cc2cc(C(F)(F)C(=N)n3nc(-c4ccnc(C=O)c4)ccc3=N)c(F)cc2n1. The van der Waals surface area contributed by atoms with Crippen molar-refractivity contribution in [1.82, 2.24) is 29.9 Å². The average molecular weight is 470 g/mol. The van der Waals surface area contributed by atoms with Gasteiger partial charge in [-0.25, -0.2) is 4.39 Å². The molecule has 1 aromatic carbocycles. The second kappa shape index (κ2) is 9.75. The number of carbonyl (C=O) groups excluding carboxylic acids is 1. The van der Waals surface area contributed by atoms with Crippen LogP contribution in [0, 0.1) is 16.6 Å². The maximum absolute atomic E-state index is 15.2. The number of aldehydes is 1. The van der Waals surface area contributed by atoms with Crippen molar-refractivity contribution in [3.05, 3.63) is 71.4 Å². The molecule has 9 nitrogen and oxygen atoms in total. The van der Waals surface area contributed by atoms with Crippen molar-refractivity contribution in [2.75, 3.05) is 14.1 Å². The first kappa shape index (κ1) is 24.5. The maximum Gasteiger partial charge on any atom is 0.334 e. The van der Waals surface area contributed by atoms with Crippen LogP contribution in [0.4, 0.5) is 13.2 Å². The molecule has 12 heteroatoms. The number of pyridine rings is 1. The van der Waals surface area contributed by atoms with E-state index in [1.54, 1.807) is 7.05 Å². The van der Waals surface area contributed by atoms with E-state index in [2.05, 4.69) is 20.5 Å². The third-order valence-electron chi connectivity index (χ3n) is 4.59. The summed E-state index contributed by atoms with van der Waals surface area (Å²) in [6.45, 7) is 0. The zero-order valence-electron chi connectivity index (χ0n) is 18.5. The van der Waals surface area contributed by atoms with Crippen LogP contribution in [0.1, 0.15) is 16.1 Å². The number of fused-ring (bicyclic) bond motifs is 1. The van der Waals surface area contributed by atoms with Gasteiger partial charge in [0, 0.05) is 36.5 Å². The third-order valence-corrected chi connectivity index (χ3v) is 4.59. The summed E-state index contributed by atoms with van der Waals surface area (Å²) in [5.41, 5.74) is -0.711. The Morgan fingerprint density at radius 3 is 2.53 bits per heavy atom. The average Bonchev–Trinajstić information content (AvgIpc) is 3.17. The van der Waals surface area contributed by atoms with E-state index in [1.165, 1.54) is 41.3 Å². The number of alkyl halides is 2. The quantitative estimate of drug-likeness (QED) is 0.240. The van der Waals surface area contributed by atoms with E-state index in [9.17, 15) is 9.18 Å². The van der Waals surface area contributed by atoms with Crippen molar-refractivity contribution in [3.8, 4) is 11.3 Å². The van der Waals surface area contributed by atoms with E-state index in [1.807, 2.05) is 14.1 Å². The number of nitrogens with one attached hydrogen (secondary N) is 3. The van der Waals surface area contributed by atoms with Gasteiger partial charge in [0.25, 0.3) is 0 Å². The maximum atomic E-state index is 15.2. The van der Waals surface area contributed by atoms with Crippen molar-refractivity contribution < 1.29 is 18.0 Å². The molecule has 3 N–H and O–H groups in total. The van der Waals surface area contributed by atoms with E-state index in [4.69, 9.17) is 10.8 Å². The third kappa shape index (κ3) is 4.76. The second-order valence-corrected chi connectivity index (χ2v) is 7.22. The van der Waals surface area contributed by atoms with E-state index in [0.717, 1.165) is 12.1 Å². The number of carbonyl (C=O) groups is 1. The highest BCUT2D eigenvalue weighted by Crippen LogP contribution is 2.33. The molecule has 34 heavy (non-hydrogen) atoms. The number of nitrogens with zero attached hydrogens (tertiary/aromatic N) is 5.